The van der Waals surface area contributed by atoms with Crippen LogP contribution in [0.25, 0.3) is 10.9 Å². The number of nitrogens with one attached hydrogen (secondary N) is 2. The third kappa shape index (κ3) is 4.22. The number of aliphatic carboxylic acids is 1. The molecule has 1 aromatic heterocycles. The Morgan fingerprint density at radius 3 is 2.65 bits per heavy atom. The maximum atomic E-state index is 12.2. The summed E-state index contributed by atoms with van der Waals surface area (Å²) in [5, 5.41) is 15.8. The Kier molecular flexibility index (Phi) is 5.55. The highest BCUT2D eigenvalue weighted by molar-refractivity contribution is 5.83. The fourth-order valence-corrected chi connectivity index (χ4v) is 3.37. The minimum Gasteiger partial charge on any atom is -0.481 e. The summed E-state index contributed by atoms with van der Waals surface area (Å²) in [5.74, 6) is -0.522. The van der Waals surface area contributed by atoms with Crippen LogP contribution >= 0.6 is 0 Å². The van der Waals surface area contributed by atoms with Crippen molar-refractivity contribution in [1.29, 1.82) is 0 Å². The number of hydrogen-bond donors (Lipinski definition) is 3. The Labute approximate surface area is 151 Å². The molecule has 0 saturated heterocycles. The zero-order valence-electron chi connectivity index (χ0n) is 14.7. The molecule has 2 amide bonds. The lowest BCUT2D eigenvalue weighted by Crippen LogP contribution is -2.43. The van der Waals surface area contributed by atoms with Gasteiger partial charge in [0.05, 0.1) is 18.5 Å². The van der Waals surface area contributed by atoms with E-state index in [-0.39, 0.29) is 18.0 Å². The number of carboxylic acid groups (broad SMARTS) is 1. The van der Waals surface area contributed by atoms with E-state index in [2.05, 4.69) is 15.6 Å². The predicted octanol–water partition coefficient (Wildman–Crippen LogP) is 2.69. The Bertz CT molecular complexity index is 800. The highest BCUT2D eigenvalue weighted by atomic mass is 16.5. The molecule has 0 unspecified atom stereocenters. The number of ether oxygens (including phenoxy) is 1. The normalized spacial score (nSPS) is 19.7. The van der Waals surface area contributed by atoms with Gasteiger partial charge in [0.15, 0.2) is 0 Å². The molecule has 0 bridgehead atoms. The third-order valence-electron chi connectivity index (χ3n) is 4.84. The van der Waals surface area contributed by atoms with Crippen LogP contribution in [0.3, 0.4) is 0 Å². The summed E-state index contributed by atoms with van der Waals surface area (Å²) in [4.78, 5) is 27.6. The van der Waals surface area contributed by atoms with Crippen LogP contribution in [0.1, 0.15) is 31.2 Å². The number of amides is 2. The zero-order chi connectivity index (χ0) is 18.5. The maximum Gasteiger partial charge on any atom is 0.315 e. The number of nitrogens with zero attached hydrogens (tertiary/aromatic N) is 1. The summed E-state index contributed by atoms with van der Waals surface area (Å²) in [6.07, 6.45) is 2.59. The van der Waals surface area contributed by atoms with Crippen LogP contribution in [0.5, 0.6) is 5.88 Å². The fraction of sp³-hybridized carbons (Fsp3) is 0.421. The third-order valence-corrected chi connectivity index (χ3v) is 4.84. The van der Waals surface area contributed by atoms with E-state index in [4.69, 9.17) is 9.84 Å². The van der Waals surface area contributed by atoms with Crippen LogP contribution < -0.4 is 15.4 Å². The van der Waals surface area contributed by atoms with Crippen LogP contribution in [0.2, 0.25) is 0 Å². The van der Waals surface area contributed by atoms with E-state index in [1.54, 1.807) is 7.11 Å². The van der Waals surface area contributed by atoms with Crippen molar-refractivity contribution >= 4 is 22.9 Å². The minimum absolute atomic E-state index is 0.0225. The van der Waals surface area contributed by atoms with Gasteiger partial charge in [-0.15, -0.1) is 0 Å². The van der Waals surface area contributed by atoms with E-state index >= 15 is 0 Å². The van der Waals surface area contributed by atoms with Crippen molar-refractivity contribution in [3.05, 3.63) is 35.9 Å². The second kappa shape index (κ2) is 8.03. The van der Waals surface area contributed by atoms with Crippen molar-refractivity contribution in [1.82, 2.24) is 15.6 Å². The molecule has 1 aliphatic rings. The quantitative estimate of drug-likeness (QED) is 0.764. The number of rotatable bonds is 5. The molecule has 0 aliphatic heterocycles. The number of carbonyl (C=O) groups is 2. The molecule has 1 aliphatic carbocycles. The van der Waals surface area contributed by atoms with Gasteiger partial charge in [-0.1, -0.05) is 18.2 Å². The SMILES string of the molecule is COc1cc(CNC(=O)NC2CCC(C(=O)O)CC2)c2ccccc2n1. The van der Waals surface area contributed by atoms with Gasteiger partial charge in [0, 0.05) is 24.0 Å². The van der Waals surface area contributed by atoms with E-state index in [1.165, 1.54) is 0 Å². The number of methoxy groups -OCH3 is 1. The molecule has 1 saturated carbocycles. The number of fused-ring (bicyclic) bond motifs is 1. The molecule has 1 fully saturated rings. The largest absolute Gasteiger partial charge is 0.481 e. The Morgan fingerprint density at radius 1 is 1.23 bits per heavy atom. The van der Waals surface area contributed by atoms with Gasteiger partial charge >= 0.3 is 12.0 Å². The molecule has 7 heteroatoms. The van der Waals surface area contributed by atoms with Gasteiger partial charge in [-0.3, -0.25) is 4.79 Å². The highest BCUT2D eigenvalue weighted by Gasteiger charge is 2.26. The summed E-state index contributed by atoms with van der Waals surface area (Å²) in [7, 11) is 1.56. The van der Waals surface area contributed by atoms with Crippen molar-refractivity contribution in [2.24, 2.45) is 5.92 Å². The van der Waals surface area contributed by atoms with Gasteiger partial charge in [0.1, 0.15) is 0 Å². The van der Waals surface area contributed by atoms with Gasteiger partial charge in [0.25, 0.3) is 0 Å². The van der Waals surface area contributed by atoms with Crippen LogP contribution in [0.4, 0.5) is 4.79 Å². The van der Waals surface area contributed by atoms with E-state index in [1.807, 2.05) is 30.3 Å². The first-order valence-corrected chi connectivity index (χ1v) is 8.76. The molecule has 3 N–H and O–H groups in total. The first kappa shape index (κ1) is 18.0. The number of carboxylic acids is 1. The van der Waals surface area contributed by atoms with Crippen LogP contribution in [-0.2, 0) is 11.3 Å². The first-order valence-electron chi connectivity index (χ1n) is 8.76. The lowest BCUT2D eigenvalue weighted by atomic mass is 9.86. The molecule has 26 heavy (non-hydrogen) atoms. The average Bonchev–Trinajstić information content (AvgIpc) is 2.66. The first-order chi connectivity index (χ1) is 12.6. The second-order valence-corrected chi connectivity index (χ2v) is 6.55. The van der Waals surface area contributed by atoms with Crippen molar-refractivity contribution in [3.63, 3.8) is 0 Å². The van der Waals surface area contributed by atoms with E-state index in [0.29, 0.717) is 38.1 Å². The minimum atomic E-state index is -0.744. The number of aromatic nitrogens is 1. The van der Waals surface area contributed by atoms with Crippen molar-refractivity contribution in [3.8, 4) is 5.88 Å². The zero-order valence-corrected chi connectivity index (χ0v) is 14.7. The number of benzene rings is 1. The monoisotopic (exact) mass is 357 g/mol. The topological polar surface area (TPSA) is 101 Å². The number of urea groups is 1. The lowest BCUT2D eigenvalue weighted by molar-refractivity contribution is -0.142. The summed E-state index contributed by atoms with van der Waals surface area (Å²) < 4.78 is 5.23. The molecule has 3 rings (SSSR count). The van der Waals surface area contributed by atoms with Gasteiger partial charge in [-0.2, -0.15) is 0 Å². The molecule has 0 radical (unpaired) electrons. The molecule has 1 heterocycles. The summed E-state index contributed by atoms with van der Waals surface area (Å²) in [6, 6.07) is 9.30. The standard InChI is InChI=1S/C19H23N3O4/c1-26-17-10-13(15-4-2-3-5-16(15)22-17)11-20-19(25)21-14-8-6-12(7-9-14)18(23)24/h2-5,10,12,14H,6-9,11H2,1H3,(H,23,24)(H2,20,21,25). The fourth-order valence-electron chi connectivity index (χ4n) is 3.37. The van der Waals surface area contributed by atoms with E-state index < -0.39 is 5.97 Å². The molecule has 2 aromatic rings. The molecular weight excluding hydrogens is 334 g/mol. The molecular formula is C19H23N3O4. The van der Waals surface area contributed by atoms with Crippen molar-refractivity contribution in [2.75, 3.05) is 7.11 Å². The molecule has 138 valence electrons. The molecule has 7 nitrogen and oxygen atoms in total. The van der Waals surface area contributed by atoms with Crippen molar-refractivity contribution < 1.29 is 19.4 Å². The summed E-state index contributed by atoms with van der Waals surface area (Å²) in [6.45, 7) is 0.357. The lowest BCUT2D eigenvalue weighted by Gasteiger charge is -2.26. The number of hydrogen-bond acceptors (Lipinski definition) is 4. The molecule has 1 aromatic carbocycles. The Morgan fingerprint density at radius 2 is 1.96 bits per heavy atom. The number of para-hydroxylation sites is 1. The number of carbonyl (C=O) groups excluding carboxylic acids is 1. The summed E-state index contributed by atoms with van der Waals surface area (Å²) in [5.41, 5.74) is 1.74. The van der Waals surface area contributed by atoms with E-state index in [9.17, 15) is 9.59 Å². The van der Waals surface area contributed by atoms with Gasteiger partial charge < -0.3 is 20.5 Å². The number of pyridine rings is 1. The molecule has 0 spiro atoms. The van der Waals surface area contributed by atoms with E-state index in [0.717, 1.165) is 16.5 Å². The van der Waals surface area contributed by atoms with Crippen molar-refractivity contribution in [2.45, 2.75) is 38.3 Å². The highest BCUT2D eigenvalue weighted by Crippen LogP contribution is 2.24. The molecule has 0 atom stereocenters. The Hall–Kier alpha value is -2.83. The smallest absolute Gasteiger partial charge is 0.315 e. The van der Waals surface area contributed by atoms with Gasteiger partial charge in [-0.25, -0.2) is 9.78 Å². The Balaban J connectivity index is 1.58. The van der Waals surface area contributed by atoms with Crippen LogP contribution in [-0.4, -0.2) is 35.2 Å². The average molecular weight is 357 g/mol. The van der Waals surface area contributed by atoms with Crippen LogP contribution in [0, 0.1) is 5.92 Å². The predicted molar refractivity (Wildman–Crippen MR) is 97.0 cm³/mol. The van der Waals surface area contributed by atoms with Gasteiger partial charge in [-0.05, 0) is 37.3 Å². The van der Waals surface area contributed by atoms with Crippen LogP contribution in [0.15, 0.2) is 30.3 Å². The van der Waals surface area contributed by atoms with Gasteiger partial charge in [0.2, 0.25) is 5.88 Å². The summed E-state index contributed by atoms with van der Waals surface area (Å²) >= 11 is 0. The second-order valence-electron chi connectivity index (χ2n) is 6.55. The maximum absolute atomic E-state index is 12.2.